The number of aryl methyl sites for hydroxylation is 1. The molecular formula is C16H18ClN2O2+. The number of rotatable bonds is 5. The Labute approximate surface area is 129 Å². The number of pyridine rings is 1. The van der Waals surface area contributed by atoms with Gasteiger partial charge in [0.1, 0.15) is 5.75 Å². The number of aromatic amines is 1. The van der Waals surface area contributed by atoms with Gasteiger partial charge < -0.3 is 10.1 Å². The van der Waals surface area contributed by atoms with Crippen LogP contribution in [0, 0.1) is 6.92 Å². The highest BCUT2D eigenvalue weighted by Crippen LogP contribution is 2.22. The first-order chi connectivity index (χ1) is 10.1. The van der Waals surface area contributed by atoms with Gasteiger partial charge in [0.05, 0.1) is 0 Å². The molecule has 2 N–H and O–H groups in total. The third-order valence-corrected chi connectivity index (χ3v) is 3.30. The zero-order valence-electron chi connectivity index (χ0n) is 12.0. The smallest absolute Gasteiger partial charge is 0.261 e. The topological polar surface area (TPSA) is 52.5 Å². The molecule has 1 heterocycles. The molecule has 0 aliphatic carbocycles. The maximum absolute atomic E-state index is 12.0. The molecule has 1 amide bonds. The van der Waals surface area contributed by atoms with Crippen LogP contribution >= 0.6 is 11.6 Å². The SMILES string of the molecule is Cc1cc(Cl)ccc1OC(C)C(=O)NCc1cc[nH+]cc1. The van der Waals surface area contributed by atoms with Crippen LogP contribution in [-0.4, -0.2) is 12.0 Å². The summed E-state index contributed by atoms with van der Waals surface area (Å²) in [4.78, 5) is 15.0. The molecule has 21 heavy (non-hydrogen) atoms. The van der Waals surface area contributed by atoms with Crippen molar-refractivity contribution in [1.82, 2.24) is 5.32 Å². The molecule has 1 aromatic heterocycles. The average molecular weight is 306 g/mol. The number of hydrogen-bond acceptors (Lipinski definition) is 2. The van der Waals surface area contributed by atoms with E-state index in [0.717, 1.165) is 11.1 Å². The van der Waals surface area contributed by atoms with Crippen LogP contribution in [0.3, 0.4) is 0 Å². The second-order valence-electron chi connectivity index (χ2n) is 4.80. The van der Waals surface area contributed by atoms with Crippen molar-refractivity contribution in [2.45, 2.75) is 26.5 Å². The Hall–Kier alpha value is -2.07. The van der Waals surface area contributed by atoms with Crippen LogP contribution in [0.5, 0.6) is 5.75 Å². The number of carbonyl (C=O) groups excluding carboxylic acids is 1. The number of ether oxygens (including phenoxy) is 1. The summed E-state index contributed by atoms with van der Waals surface area (Å²) in [6.45, 7) is 4.09. The van der Waals surface area contributed by atoms with E-state index in [1.807, 2.05) is 37.5 Å². The van der Waals surface area contributed by atoms with Crippen molar-refractivity contribution in [1.29, 1.82) is 0 Å². The Morgan fingerprint density at radius 3 is 2.71 bits per heavy atom. The first-order valence-electron chi connectivity index (χ1n) is 6.72. The van der Waals surface area contributed by atoms with Gasteiger partial charge >= 0.3 is 0 Å². The number of halogens is 1. The Morgan fingerprint density at radius 2 is 2.05 bits per heavy atom. The van der Waals surface area contributed by atoms with Crippen LogP contribution in [0.4, 0.5) is 0 Å². The number of nitrogens with one attached hydrogen (secondary N) is 2. The van der Waals surface area contributed by atoms with E-state index in [1.54, 1.807) is 19.1 Å². The summed E-state index contributed by atoms with van der Waals surface area (Å²) in [5.41, 5.74) is 1.93. The molecule has 0 fully saturated rings. The minimum Gasteiger partial charge on any atom is -0.481 e. The van der Waals surface area contributed by atoms with Gasteiger partial charge in [0.25, 0.3) is 5.91 Å². The molecule has 0 spiro atoms. The summed E-state index contributed by atoms with van der Waals surface area (Å²) in [5, 5.41) is 3.50. The minimum absolute atomic E-state index is 0.155. The van der Waals surface area contributed by atoms with E-state index < -0.39 is 6.10 Å². The highest BCUT2D eigenvalue weighted by molar-refractivity contribution is 6.30. The first-order valence-corrected chi connectivity index (χ1v) is 7.09. The van der Waals surface area contributed by atoms with Crippen molar-refractivity contribution >= 4 is 17.5 Å². The summed E-state index contributed by atoms with van der Waals surface area (Å²) in [5.74, 6) is 0.508. The lowest BCUT2D eigenvalue weighted by Gasteiger charge is -2.16. The van der Waals surface area contributed by atoms with Gasteiger partial charge in [-0.3, -0.25) is 4.79 Å². The molecular weight excluding hydrogens is 288 g/mol. The van der Waals surface area contributed by atoms with Gasteiger partial charge in [-0.15, -0.1) is 0 Å². The van der Waals surface area contributed by atoms with Gasteiger partial charge in [-0.25, -0.2) is 4.98 Å². The zero-order valence-corrected chi connectivity index (χ0v) is 12.8. The molecule has 0 saturated carbocycles. The van der Waals surface area contributed by atoms with Crippen molar-refractivity contribution in [2.24, 2.45) is 0 Å². The molecule has 1 aromatic carbocycles. The molecule has 0 radical (unpaired) electrons. The van der Waals surface area contributed by atoms with Crippen molar-refractivity contribution in [3.8, 4) is 5.75 Å². The maximum atomic E-state index is 12.0. The van der Waals surface area contributed by atoms with Gasteiger partial charge in [-0.1, -0.05) is 11.6 Å². The number of benzene rings is 1. The van der Waals surface area contributed by atoms with Crippen LogP contribution < -0.4 is 15.0 Å². The summed E-state index contributed by atoms with van der Waals surface area (Å²) in [6, 6.07) is 9.15. The van der Waals surface area contributed by atoms with Crippen LogP contribution in [0.25, 0.3) is 0 Å². The lowest BCUT2D eigenvalue weighted by Crippen LogP contribution is -2.36. The Kier molecular flexibility index (Phi) is 5.17. The Morgan fingerprint density at radius 1 is 1.33 bits per heavy atom. The van der Waals surface area contributed by atoms with Gasteiger partial charge in [0, 0.05) is 23.7 Å². The minimum atomic E-state index is -0.569. The molecule has 0 aliphatic rings. The van der Waals surface area contributed by atoms with Crippen LogP contribution in [0.1, 0.15) is 18.1 Å². The molecule has 4 nitrogen and oxygen atoms in total. The molecule has 1 atom stereocenters. The van der Waals surface area contributed by atoms with Gasteiger partial charge in [0.2, 0.25) is 0 Å². The van der Waals surface area contributed by atoms with E-state index in [-0.39, 0.29) is 5.91 Å². The molecule has 2 rings (SSSR count). The van der Waals surface area contributed by atoms with Gasteiger partial charge in [-0.05, 0) is 43.2 Å². The van der Waals surface area contributed by atoms with E-state index >= 15 is 0 Å². The Balaban J connectivity index is 1.90. The molecule has 0 aliphatic heterocycles. The third-order valence-electron chi connectivity index (χ3n) is 3.06. The van der Waals surface area contributed by atoms with Gasteiger partial charge in [0.15, 0.2) is 18.5 Å². The van der Waals surface area contributed by atoms with Crippen LogP contribution in [0.2, 0.25) is 5.02 Å². The van der Waals surface area contributed by atoms with Crippen molar-refractivity contribution in [3.63, 3.8) is 0 Å². The number of aromatic nitrogens is 1. The fraction of sp³-hybridized carbons (Fsp3) is 0.250. The number of carbonyl (C=O) groups is 1. The quantitative estimate of drug-likeness (QED) is 0.923. The molecule has 0 saturated heterocycles. The average Bonchev–Trinajstić information content (AvgIpc) is 2.48. The van der Waals surface area contributed by atoms with E-state index in [9.17, 15) is 4.79 Å². The number of H-pyrrole nitrogens is 1. The molecule has 5 heteroatoms. The van der Waals surface area contributed by atoms with E-state index in [2.05, 4.69) is 10.3 Å². The van der Waals surface area contributed by atoms with E-state index in [0.29, 0.717) is 17.3 Å². The van der Waals surface area contributed by atoms with Crippen molar-refractivity contribution < 1.29 is 14.5 Å². The zero-order chi connectivity index (χ0) is 15.2. The second kappa shape index (κ2) is 7.09. The standard InChI is InChI=1S/C16H17ClN2O2/c1-11-9-14(17)3-4-15(11)21-12(2)16(20)19-10-13-5-7-18-8-6-13/h3-9,12H,10H2,1-2H3,(H,19,20)/p+1. The molecule has 1 unspecified atom stereocenters. The van der Waals surface area contributed by atoms with Crippen LogP contribution in [0.15, 0.2) is 42.7 Å². The number of amides is 1. The summed E-state index contributed by atoms with van der Waals surface area (Å²) in [7, 11) is 0. The van der Waals surface area contributed by atoms with E-state index in [4.69, 9.17) is 16.3 Å². The first kappa shape index (κ1) is 15.3. The second-order valence-corrected chi connectivity index (χ2v) is 5.23. The van der Waals surface area contributed by atoms with E-state index in [1.165, 1.54) is 0 Å². The lowest BCUT2D eigenvalue weighted by atomic mass is 10.2. The highest BCUT2D eigenvalue weighted by Gasteiger charge is 2.15. The molecule has 0 bridgehead atoms. The van der Waals surface area contributed by atoms with Crippen molar-refractivity contribution in [2.75, 3.05) is 0 Å². The highest BCUT2D eigenvalue weighted by atomic mass is 35.5. The third kappa shape index (κ3) is 4.46. The van der Waals surface area contributed by atoms with Gasteiger partial charge in [-0.2, -0.15) is 0 Å². The summed E-state index contributed by atoms with van der Waals surface area (Å²) in [6.07, 6.45) is 3.07. The largest absolute Gasteiger partial charge is 0.481 e. The fourth-order valence-corrected chi connectivity index (χ4v) is 2.09. The molecule has 2 aromatic rings. The van der Waals surface area contributed by atoms with Crippen LogP contribution in [-0.2, 0) is 11.3 Å². The molecule has 110 valence electrons. The number of hydrogen-bond donors (Lipinski definition) is 1. The maximum Gasteiger partial charge on any atom is 0.261 e. The summed E-state index contributed by atoms with van der Waals surface area (Å²) < 4.78 is 5.67. The lowest BCUT2D eigenvalue weighted by molar-refractivity contribution is -0.378. The predicted octanol–water partition coefficient (Wildman–Crippen LogP) is 2.55. The Bertz CT molecular complexity index is 617. The van der Waals surface area contributed by atoms with Crippen molar-refractivity contribution in [3.05, 3.63) is 58.9 Å². The fourth-order valence-electron chi connectivity index (χ4n) is 1.86. The predicted molar refractivity (Wildman–Crippen MR) is 81.1 cm³/mol. The monoisotopic (exact) mass is 305 g/mol. The normalized spacial score (nSPS) is 11.8. The summed E-state index contributed by atoms with van der Waals surface area (Å²) >= 11 is 5.90.